The first-order valence-electron chi connectivity index (χ1n) is 3.93. The summed E-state index contributed by atoms with van der Waals surface area (Å²) in [5.41, 5.74) is 0. The van der Waals surface area contributed by atoms with Crippen LogP contribution >= 0.6 is 0 Å². The Morgan fingerprint density at radius 3 is 3.09 bits per heavy atom. The lowest BCUT2D eigenvalue weighted by Crippen LogP contribution is -2.18. The van der Waals surface area contributed by atoms with Gasteiger partial charge in [-0.1, -0.05) is 0 Å². The standard InChI is InChI=1S/C8H11N2O/c11-8(7-2-3-7)6-10-5-1-4-9-10/h4-5,7-8,11H,2-3,6H2. The molecule has 1 atom stereocenters. The summed E-state index contributed by atoms with van der Waals surface area (Å²) < 4.78 is 1.73. The van der Waals surface area contributed by atoms with Gasteiger partial charge in [-0.05, 0) is 18.8 Å². The van der Waals surface area contributed by atoms with Crippen molar-refractivity contribution >= 4 is 0 Å². The summed E-state index contributed by atoms with van der Waals surface area (Å²) in [5, 5.41) is 13.5. The van der Waals surface area contributed by atoms with Crippen molar-refractivity contribution in [2.24, 2.45) is 5.92 Å². The van der Waals surface area contributed by atoms with Crippen molar-refractivity contribution in [1.82, 2.24) is 9.78 Å². The number of hydrogen-bond acceptors (Lipinski definition) is 2. The highest BCUT2D eigenvalue weighted by molar-refractivity contribution is 4.82. The van der Waals surface area contributed by atoms with E-state index in [9.17, 15) is 5.11 Å². The minimum atomic E-state index is -0.205. The van der Waals surface area contributed by atoms with Crippen molar-refractivity contribution in [1.29, 1.82) is 0 Å². The van der Waals surface area contributed by atoms with E-state index in [1.165, 1.54) is 12.8 Å². The van der Waals surface area contributed by atoms with E-state index in [1.807, 2.05) is 0 Å². The molecule has 1 aliphatic carbocycles. The average molecular weight is 151 g/mol. The van der Waals surface area contributed by atoms with Crippen LogP contribution in [0.2, 0.25) is 0 Å². The predicted octanol–water partition coefficient (Wildman–Crippen LogP) is 0.454. The van der Waals surface area contributed by atoms with Crippen LogP contribution in [0, 0.1) is 12.0 Å². The zero-order valence-electron chi connectivity index (χ0n) is 6.27. The molecule has 0 bridgehead atoms. The molecule has 1 fully saturated rings. The number of aliphatic hydroxyl groups excluding tert-OH is 1. The zero-order chi connectivity index (χ0) is 7.68. The molecule has 3 heteroatoms. The normalized spacial score (nSPS) is 20.1. The number of rotatable bonds is 3. The monoisotopic (exact) mass is 151 g/mol. The number of nitrogens with zero attached hydrogens (tertiary/aromatic N) is 2. The van der Waals surface area contributed by atoms with Crippen LogP contribution in [0.5, 0.6) is 0 Å². The minimum Gasteiger partial charge on any atom is -0.391 e. The van der Waals surface area contributed by atoms with Crippen molar-refractivity contribution in [2.45, 2.75) is 25.5 Å². The van der Waals surface area contributed by atoms with Crippen LogP contribution < -0.4 is 0 Å². The minimum absolute atomic E-state index is 0.205. The largest absolute Gasteiger partial charge is 0.391 e. The molecule has 2 rings (SSSR count). The predicted molar refractivity (Wildman–Crippen MR) is 39.8 cm³/mol. The topological polar surface area (TPSA) is 38.0 Å². The summed E-state index contributed by atoms with van der Waals surface area (Å²) in [7, 11) is 0. The highest BCUT2D eigenvalue weighted by atomic mass is 16.3. The van der Waals surface area contributed by atoms with Gasteiger partial charge in [0.15, 0.2) is 0 Å². The van der Waals surface area contributed by atoms with Crippen LogP contribution in [0.3, 0.4) is 0 Å². The van der Waals surface area contributed by atoms with E-state index in [0.29, 0.717) is 12.5 Å². The number of aliphatic hydroxyl groups is 1. The first-order chi connectivity index (χ1) is 5.36. The van der Waals surface area contributed by atoms with Crippen molar-refractivity contribution in [3.8, 4) is 0 Å². The third kappa shape index (κ3) is 1.60. The van der Waals surface area contributed by atoms with Gasteiger partial charge in [0.05, 0.1) is 18.8 Å². The lowest BCUT2D eigenvalue weighted by molar-refractivity contribution is 0.127. The maximum atomic E-state index is 9.49. The van der Waals surface area contributed by atoms with Crippen LogP contribution in [0.15, 0.2) is 12.4 Å². The van der Waals surface area contributed by atoms with E-state index in [1.54, 1.807) is 17.1 Å². The molecule has 1 aromatic heterocycles. The first kappa shape index (κ1) is 6.85. The first-order valence-corrected chi connectivity index (χ1v) is 3.93. The Kier molecular flexibility index (Phi) is 1.66. The Hall–Kier alpha value is -0.830. The van der Waals surface area contributed by atoms with Crippen LogP contribution in [-0.2, 0) is 6.54 Å². The molecule has 1 saturated carbocycles. The Morgan fingerprint density at radius 1 is 1.73 bits per heavy atom. The molecule has 0 aromatic carbocycles. The van der Waals surface area contributed by atoms with Gasteiger partial charge in [0, 0.05) is 12.3 Å². The van der Waals surface area contributed by atoms with Crippen molar-refractivity contribution in [3.05, 3.63) is 18.5 Å². The lowest BCUT2D eigenvalue weighted by Gasteiger charge is -2.07. The fourth-order valence-corrected chi connectivity index (χ4v) is 1.18. The van der Waals surface area contributed by atoms with Crippen molar-refractivity contribution < 1.29 is 5.11 Å². The molecule has 59 valence electrons. The molecule has 0 amide bonds. The van der Waals surface area contributed by atoms with E-state index in [4.69, 9.17) is 0 Å². The van der Waals surface area contributed by atoms with E-state index >= 15 is 0 Å². The molecule has 3 nitrogen and oxygen atoms in total. The Balaban J connectivity index is 1.89. The molecule has 1 N–H and O–H groups in total. The van der Waals surface area contributed by atoms with E-state index in [0.717, 1.165) is 0 Å². The molecule has 1 radical (unpaired) electrons. The van der Waals surface area contributed by atoms with E-state index in [-0.39, 0.29) is 6.10 Å². The molecule has 0 saturated heterocycles. The van der Waals surface area contributed by atoms with E-state index < -0.39 is 0 Å². The fraction of sp³-hybridized carbons (Fsp3) is 0.625. The number of hydrogen-bond donors (Lipinski definition) is 1. The highest BCUT2D eigenvalue weighted by Crippen LogP contribution is 2.32. The third-order valence-corrected chi connectivity index (χ3v) is 2.04. The Labute approximate surface area is 65.7 Å². The van der Waals surface area contributed by atoms with Gasteiger partial charge in [0.2, 0.25) is 0 Å². The maximum absolute atomic E-state index is 9.49. The summed E-state index contributed by atoms with van der Waals surface area (Å²) in [6.07, 6.45) is 5.51. The van der Waals surface area contributed by atoms with Gasteiger partial charge in [-0.3, -0.25) is 4.68 Å². The summed E-state index contributed by atoms with van der Waals surface area (Å²) in [6, 6.07) is 2.84. The van der Waals surface area contributed by atoms with Gasteiger partial charge in [-0.2, -0.15) is 5.10 Å². The second-order valence-electron chi connectivity index (χ2n) is 3.07. The highest BCUT2D eigenvalue weighted by Gasteiger charge is 2.29. The molecule has 1 aliphatic rings. The zero-order valence-corrected chi connectivity index (χ0v) is 6.27. The summed E-state index contributed by atoms with van der Waals surface area (Å²) >= 11 is 0. The molecule has 1 unspecified atom stereocenters. The molecule has 0 spiro atoms. The molecular formula is C8H11N2O. The smallest absolute Gasteiger partial charge is 0.0764 e. The van der Waals surface area contributed by atoms with Crippen LogP contribution in [0.4, 0.5) is 0 Å². The Morgan fingerprint density at radius 2 is 2.55 bits per heavy atom. The van der Waals surface area contributed by atoms with Crippen LogP contribution in [0.25, 0.3) is 0 Å². The average Bonchev–Trinajstić information content (AvgIpc) is 2.73. The summed E-state index contributed by atoms with van der Waals surface area (Å²) in [4.78, 5) is 0. The number of aromatic nitrogens is 2. The molecular weight excluding hydrogens is 140 g/mol. The second-order valence-corrected chi connectivity index (χ2v) is 3.07. The third-order valence-electron chi connectivity index (χ3n) is 2.04. The molecule has 1 aromatic rings. The van der Waals surface area contributed by atoms with Crippen molar-refractivity contribution in [2.75, 3.05) is 0 Å². The Bertz CT molecular complexity index is 216. The summed E-state index contributed by atoms with van der Waals surface area (Å²) in [6.45, 7) is 0.619. The van der Waals surface area contributed by atoms with Gasteiger partial charge in [-0.25, -0.2) is 0 Å². The van der Waals surface area contributed by atoms with Crippen molar-refractivity contribution in [3.63, 3.8) is 0 Å². The summed E-state index contributed by atoms with van der Waals surface area (Å²) in [5.74, 6) is 0.527. The van der Waals surface area contributed by atoms with Gasteiger partial charge in [-0.15, -0.1) is 0 Å². The lowest BCUT2D eigenvalue weighted by atomic mass is 10.2. The van der Waals surface area contributed by atoms with Crippen LogP contribution in [-0.4, -0.2) is 21.0 Å². The SMILES string of the molecule is OC(Cn1c[c]cn1)C1CC1. The van der Waals surface area contributed by atoms with Gasteiger partial charge >= 0.3 is 0 Å². The van der Waals surface area contributed by atoms with Crippen LogP contribution in [0.1, 0.15) is 12.8 Å². The molecule has 0 aliphatic heterocycles. The quantitative estimate of drug-likeness (QED) is 0.681. The fourth-order valence-electron chi connectivity index (χ4n) is 1.18. The molecule has 11 heavy (non-hydrogen) atoms. The second kappa shape index (κ2) is 2.66. The maximum Gasteiger partial charge on any atom is 0.0764 e. The van der Waals surface area contributed by atoms with Gasteiger partial charge in [0.1, 0.15) is 0 Å². The van der Waals surface area contributed by atoms with Gasteiger partial charge < -0.3 is 5.11 Å². The van der Waals surface area contributed by atoms with Gasteiger partial charge in [0.25, 0.3) is 0 Å². The van der Waals surface area contributed by atoms with E-state index in [2.05, 4.69) is 11.2 Å². The molecule has 1 heterocycles.